The number of rotatable bonds is 13. The second-order valence-electron chi connectivity index (χ2n) is 14.1. The molecular weight excluding hydrogens is 669 g/mol. The molecule has 5 rings (SSSR count). The minimum absolute atomic E-state index is 0.0243. The number of hydrogen-bond acceptors (Lipinski definition) is 8. The van der Waals surface area contributed by atoms with Crippen molar-refractivity contribution in [1.29, 1.82) is 0 Å². The molecule has 2 aliphatic rings. The molecule has 0 radical (unpaired) electrons. The molecule has 3 aromatic carbocycles. The molecule has 0 saturated carbocycles. The molecular formula is C40H50FN3O8. The second-order valence-corrected chi connectivity index (χ2v) is 14.1. The molecule has 2 heterocycles. The summed E-state index contributed by atoms with van der Waals surface area (Å²) < 4.78 is 43.8. The van der Waals surface area contributed by atoms with Crippen LogP contribution < -0.4 is 14.8 Å². The Hall–Kier alpha value is -4.84. The third-order valence-corrected chi connectivity index (χ3v) is 8.90. The highest BCUT2D eigenvalue weighted by Crippen LogP contribution is 2.33. The maximum absolute atomic E-state index is 14.1. The van der Waals surface area contributed by atoms with Crippen LogP contribution in [0.3, 0.4) is 0 Å². The fourth-order valence-corrected chi connectivity index (χ4v) is 6.34. The van der Waals surface area contributed by atoms with Gasteiger partial charge in [0, 0.05) is 45.0 Å². The van der Waals surface area contributed by atoms with Crippen LogP contribution in [0.25, 0.3) is 0 Å². The van der Waals surface area contributed by atoms with Gasteiger partial charge in [-0.1, -0.05) is 48.5 Å². The van der Waals surface area contributed by atoms with Gasteiger partial charge in [0.2, 0.25) is 5.91 Å². The van der Waals surface area contributed by atoms with Gasteiger partial charge in [-0.25, -0.2) is 14.0 Å². The van der Waals surface area contributed by atoms with Crippen LogP contribution in [0.15, 0.2) is 72.8 Å². The highest BCUT2D eigenvalue weighted by Gasteiger charge is 2.35. The number of carbonyl (C=O) groups excluding carboxylic acids is 3. The molecule has 12 heteroatoms. The minimum Gasteiger partial charge on any atom is -0.491 e. The third kappa shape index (κ3) is 11.6. The van der Waals surface area contributed by atoms with E-state index in [0.29, 0.717) is 63.5 Å². The van der Waals surface area contributed by atoms with Crippen molar-refractivity contribution < 1.29 is 42.5 Å². The molecule has 0 aromatic heterocycles. The van der Waals surface area contributed by atoms with Gasteiger partial charge in [-0.15, -0.1) is 0 Å². The van der Waals surface area contributed by atoms with Crippen molar-refractivity contribution in [2.45, 2.75) is 77.3 Å². The third-order valence-electron chi connectivity index (χ3n) is 8.90. The van der Waals surface area contributed by atoms with Crippen LogP contribution in [0.2, 0.25) is 0 Å². The average molecular weight is 720 g/mol. The summed E-state index contributed by atoms with van der Waals surface area (Å²) in [4.78, 5) is 40.3. The van der Waals surface area contributed by atoms with E-state index in [1.54, 1.807) is 15.9 Å². The van der Waals surface area contributed by atoms with Gasteiger partial charge in [0.25, 0.3) is 0 Å². The van der Waals surface area contributed by atoms with Crippen molar-refractivity contribution in [3.63, 3.8) is 0 Å². The minimum atomic E-state index is -0.556. The number of benzene rings is 3. The maximum Gasteiger partial charge on any atom is 0.410 e. The van der Waals surface area contributed by atoms with Crippen molar-refractivity contribution in [2.24, 2.45) is 0 Å². The molecule has 0 spiro atoms. The summed E-state index contributed by atoms with van der Waals surface area (Å²) in [5.74, 6) is 0.519. The summed E-state index contributed by atoms with van der Waals surface area (Å²) in [6, 6.07) is 21.8. The Balaban J connectivity index is 1.20. The molecule has 2 fully saturated rings. The summed E-state index contributed by atoms with van der Waals surface area (Å²) in [6.07, 6.45) is 0.612. The molecule has 3 atom stereocenters. The highest BCUT2D eigenvalue weighted by atomic mass is 19.1. The van der Waals surface area contributed by atoms with E-state index >= 15 is 0 Å². The normalized spacial score (nSPS) is 18.8. The summed E-state index contributed by atoms with van der Waals surface area (Å²) in [5.41, 5.74) is 2.17. The first-order valence-corrected chi connectivity index (χ1v) is 17.9. The van der Waals surface area contributed by atoms with Crippen LogP contribution in [0.4, 0.5) is 14.0 Å². The second kappa shape index (κ2) is 18.1. The van der Waals surface area contributed by atoms with Gasteiger partial charge in [-0.05, 0) is 68.5 Å². The monoisotopic (exact) mass is 719 g/mol. The quantitative estimate of drug-likeness (QED) is 0.200. The van der Waals surface area contributed by atoms with E-state index in [9.17, 15) is 18.8 Å². The van der Waals surface area contributed by atoms with Gasteiger partial charge >= 0.3 is 12.2 Å². The van der Waals surface area contributed by atoms with Gasteiger partial charge in [-0.3, -0.25) is 4.79 Å². The van der Waals surface area contributed by atoms with Crippen LogP contribution in [0.5, 0.6) is 11.5 Å². The molecule has 2 saturated heterocycles. The van der Waals surface area contributed by atoms with Gasteiger partial charge in [-0.2, -0.15) is 0 Å². The Bertz CT molecular complexity index is 1630. The van der Waals surface area contributed by atoms with E-state index in [0.717, 1.165) is 16.7 Å². The molecule has 3 amide bonds. The molecule has 2 unspecified atom stereocenters. The molecule has 280 valence electrons. The number of halogens is 1. The first-order chi connectivity index (χ1) is 24.9. The molecule has 11 nitrogen and oxygen atoms in total. The van der Waals surface area contributed by atoms with E-state index in [1.807, 2.05) is 75.4 Å². The largest absolute Gasteiger partial charge is 0.491 e. The number of carbonyl (C=O) groups is 3. The predicted octanol–water partition coefficient (Wildman–Crippen LogP) is 6.48. The zero-order valence-corrected chi connectivity index (χ0v) is 30.5. The number of nitrogens with one attached hydrogen (secondary N) is 1. The van der Waals surface area contributed by atoms with Gasteiger partial charge in [0.15, 0.2) is 0 Å². The standard InChI is InChI=1S/C40H50FN3O8/c1-28(45)42-19-16-31-10-13-32(41)24-36(31)48-22-23-49-37-26-44(38(46)50-27-29-8-6-5-7-9-29)21-18-35(37)30-11-14-33(15-12-30)51-34-17-20-43(25-34)39(47)52-40(2,3)4/h5-15,24,34-35,37H,16-23,25-27H2,1-4H3,(H,42,45)/t34-,35?,37?/m0/s1. The summed E-state index contributed by atoms with van der Waals surface area (Å²) in [6.45, 7) is 9.79. The summed E-state index contributed by atoms with van der Waals surface area (Å²) in [5, 5.41) is 2.75. The zero-order valence-electron chi connectivity index (χ0n) is 30.5. The highest BCUT2D eigenvalue weighted by molar-refractivity contribution is 5.72. The molecule has 52 heavy (non-hydrogen) atoms. The van der Waals surface area contributed by atoms with E-state index in [-0.39, 0.29) is 49.9 Å². The lowest BCUT2D eigenvalue weighted by Crippen LogP contribution is -2.47. The number of likely N-dealkylation sites (tertiary alicyclic amines) is 2. The molecule has 1 N–H and O–H groups in total. The van der Waals surface area contributed by atoms with Crippen molar-refractivity contribution in [1.82, 2.24) is 15.1 Å². The van der Waals surface area contributed by atoms with Crippen LogP contribution in [0.1, 0.15) is 63.1 Å². The molecule has 0 aliphatic carbocycles. The maximum atomic E-state index is 14.1. The smallest absolute Gasteiger partial charge is 0.410 e. The number of piperidine rings is 1. The van der Waals surface area contributed by atoms with Gasteiger partial charge in [0.05, 0.1) is 25.8 Å². The van der Waals surface area contributed by atoms with Crippen molar-refractivity contribution in [3.05, 3.63) is 95.3 Å². The average Bonchev–Trinajstić information content (AvgIpc) is 3.58. The van der Waals surface area contributed by atoms with Crippen molar-refractivity contribution in [2.75, 3.05) is 45.9 Å². The number of ether oxygens (including phenoxy) is 5. The molecule has 3 aromatic rings. The fraction of sp³-hybridized carbons (Fsp3) is 0.475. The summed E-state index contributed by atoms with van der Waals surface area (Å²) >= 11 is 0. The van der Waals surface area contributed by atoms with E-state index in [4.69, 9.17) is 23.7 Å². The van der Waals surface area contributed by atoms with Crippen LogP contribution in [-0.4, -0.2) is 91.6 Å². The van der Waals surface area contributed by atoms with E-state index in [2.05, 4.69) is 5.32 Å². The Morgan fingerprint density at radius 1 is 0.885 bits per heavy atom. The van der Waals surface area contributed by atoms with E-state index < -0.39 is 17.5 Å². The predicted molar refractivity (Wildman–Crippen MR) is 193 cm³/mol. The Labute approximate surface area is 305 Å². The Morgan fingerprint density at radius 2 is 1.62 bits per heavy atom. The van der Waals surface area contributed by atoms with Crippen LogP contribution in [0, 0.1) is 5.82 Å². The van der Waals surface area contributed by atoms with E-state index in [1.165, 1.54) is 19.1 Å². The number of amides is 3. The van der Waals surface area contributed by atoms with Crippen molar-refractivity contribution in [3.8, 4) is 11.5 Å². The number of nitrogens with zero attached hydrogens (tertiary/aromatic N) is 2. The lowest BCUT2D eigenvalue weighted by Gasteiger charge is -2.38. The SMILES string of the molecule is CC(=O)NCCc1ccc(F)cc1OCCOC1CN(C(=O)OCc2ccccc2)CCC1c1ccc(O[C@H]2CCN(C(=O)OC(C)(C)C)C2)cc1. The molecule has 2 aliphatic heterocycles. The topological polar surface area (TPSA) is 116 Å². The number of hydrogen-bond donors (Lipinski definition) is 1. The summed E-state index contributed by atoms with van der Waals surface area (Å²) in [7, 11) is 0. The van der Waals surface area contributed by atoms with Crippen LogP contribution in [-0.2, 0) is 32.0 Å². The first kappa shape index (κ1) is 38.4. The van der Waals surface area contributed by atoms with Crippen molar-refractivity contribution >= 4 is 18.1 Å². The molecule has 0 bridgehead atoms. The lowest BCUT2D eigenvalue weighted by atomic mass is 9.87. The van der Waals surface area contributed by atoms with Gasteiger partial charge in [0.1, 0.15) is 42.2 Å². The zero-order chi connectivity index (χ0) is 37.1. The lowest BCUT2D eigenvalue weighted by molar-refractivity contribution is -0.118. The fourth-order valence-electron chi connectivity index (χ4n) is 6.34. The first-order valence-electron chi connectivity index (χ1n) is 17.9. The van der Waals surface area contributed by atoms with Crippen LogP contribution >= 0.6 is 0 Å². The van der Waals surface area contributed by atoms with Gasteiger partial charge < -0.3 is 38.8 Å². The Kier molecular flexibility index (Phi) is 13.3. The Morgan fingerprint density at radius 3 is 2.35 bits per heavy atom.